The Bertz CT molecular complexity index is 1490. The minimum absolute atomic E-state index is 0.0638. The van der Waals surface area contributed by atoms with Crippen LogP contribution in [0.2, 0.25) is 0 Å². The van der Waals surface area contributed by atoms with Gasteiger partial charge in [0.25, 0.3) is 0 Å². The van der Waals surface area contributed by atoms with Crippen molar-refractivity contribution in [2.24, 2.45) is 29.1 Å². The number of carbonyl (C=O) groups is 4. The lowest BCUT2D eigenvalue weighted by molar-refractivity contribution is -0.148. The molecule has 2 saturated heterocycles. The van der Waals surface area contributed by atoms with Gasteiger partial charge in [0.15, 0.2) is 6.10 Å². The maximum atomic E-state index is 15.2. The van der Waals surface area contributed by atoms with Gasteiger partial charge < -0.3 is 25.2 Å². The van der Waals surface area contributed by atoms with Gasteiger partial charge >= 0.3 is 6.09 Å². The van der Waals surface area contributed by atoms with Crippen molar-refractivity contribution in [1.82, 2.24) is 15.1 Å². The lowest BCUT2D eigenvalue weighted by atomic mass is 9.77. The second-order valence-electron chi connectivity index (χ2n) is 14.4. The first-order valence-electron chi connectivity index (χ1n) is 15.6. The van der Waals surface area contributed by atoms with Crippen molar-refractivity contribution >= 4 is 29.5 Å². The van der Waals surface area contributed by atoms with E-state index in [1.54, 1.807) is 20.8 Å². The number of nitrogens with one attached hydrogen (secondary N) is 2. The number of anilines is 1. The fourth-order valence-corrected chi connectivity index (χ4v) is 8.64. The van der Waals surface area contributed by atoms with Crippen LogP contribution in [0, 0.1) is 46.2 Å². The van der Waals surface area contributed by atoms with Gasteiger partial charge in [-0.25, -0.2) is 22.4 Å². The Morgan fingerprint density at radius 3 is 2.54 bits per heavy atom. The molecule has 2 bridgehead atoms. The highest BCUT2D eigenvalue weighted by Crippen LogP contribution is 2.59. The average molecular weight is 648 g/mol. The summed E-state index contributed by atoms with van der Waals surface area (Å²) in [4.78, 5) is 57.6. The Morgan fingerprint density at radius 2 is 1.89 bits per heavy atom. The lowest BCUT2D eigenvalue weighted by Crippen LogP contribution is -2.60. The molecule has 2 aliphatic carbocycles. The summed E-state index contributed by atoms with van der Waals surface area (Å²) in [5, 5.41) is 15.3. The van der Waals surface area contributed by atoms with Crippen LogP contribution in [0.4, 0.5) is 28.0 Å². The van der Waals surface area contributed by atoms with Gasteiger partial charge in [0.2, 0.25) is 17.7 Å². The van der Waals surface area contributed by atoms with Gasteiger partial charge in [-0.15, -0.1) is 0 Å². The number of carbonyl (C=O) groups excluding carboxylic acids is 4. The monoisotopic (exact) mass is 647 g/mol. The summed E-state index contributed by atoms with van der Waals surface area (Å²) in [6, 6.07) is 2.37. The molecule has 1 spiro atoms. The molecule has 248 valence electrons. The summed E-state index contributed by atoms with van der Waals surface area (Å²) < 4.78 is 60.5. The van der Waals surface area contributed by atoms with E-state index in [1.165, 1.54) is 28.0 Å². The lowest BCUT2D eigenvalue weighted by Gasteiger charge is -2.38. The number of amides is 4. The third-order valence-corrected chi connectivity index (χ3v) is 10.8. The van der Waals surface area contributed by atoms with E-state index >= 15 is 4.39 Å². The summed E-state index contributed by atoms with van der Waals surface area (Å²) in [6.07, 6.45) is -3.25. The summed E-state index contributed by atoms with van der Waals surface area (Å²) in [7, 11) is 0. The number of nitrogens with zero attached hydrogens (tertiary/aromatic N) is 3. The third-order valence-electron chi connectivity index (χ3n) is 10.8. The topological polar surface area (TPSA) is 132 Å². The van der Waals surface area contributed by atoms with E-state index in [0.717, 1.165) is 0 Å². The maximum Gasteiger partial charge on any atom is 0.408 e. The molecule has 9 atom stereocenters. The molecule has 5 aliphatic rings. The molecule has 2 saturated carbocycles. The van der Waals surface area contributed by atoms with Crippen molar-refractivity contribution in [2.45, 2.75) is 75.8 Å². The molecule has 1 aromatic rings. The quantitative estimate of drug-likeness (QED) is 0.455. The smallest absolute Gasteiger partial charge is 0.408 e. The first-order chi connectivity index (χ1) is 21.7. The fourth-order valence-electron chi connectivity index (χ4n) is 8.64. The zero-order valence-electron chi connectivity index (χ0n) is 25.8. The Hall–Kier alpha value is -3.89. The van der Waals surface area contributed by atoms with E-state index in [2.05, 4.69) is 16.7 Å². The zero-order chi connectivity index (χ0) is 33.3. The number of fused-ring (bicyclic) bond motifs is 7. The van der Waals surface area contributed by atoms with Crippen LogP contribution in [0.15, 0.2) is 18.2 Å². The molecule has 2 N–H and O–H groups in total. The number of rotatable bonds is 6. The van der Waals surface area contributed by atoms with Gasteiger partial charge in [-0.3, -0.25) is 14.4 Å². The number of hydrogen-bond acceptors (Lipinski definition) is 6. The summed E-state index contributed by atoms with van der Waals surface area (Å²) in [6.45, 7) is 2.34. The fraction of sp³-hybridized carbons (Fsp3) is 0.656. The van der Waals surface area contributed by atoms with Gasteiger partial charge in [-0.05, 0) is 65.7 Å². The van der Waals surface area contributed by atoms with Crippen LogP contribution in [0.1, 0.15) is 45.6 Å². The van der Waals surface area contributed by atoms with E-state index in [9.17, 15) is 37.6 Å². The van der Waals surface area contributed by atoms with E-state index in [-0.39, 0.29) is 31.3 Å². The summed E-state index contributed by atoms with van der Waals surface area (Å²) >= 11 is 0. The molecule has 3 heterocycles. The van der Waals surface area contributed by atoms with Crippen molar-refractivity contribution in [3.8, 4) is 6.07 Å². The van der Waals surface area contributed by atoms with E-state index in [0.29, 0.717) is 24.1 Å². The number of likely N-dealkylation sites (tertiary alicyclic amines) is 2. The highest BCUT2D eigenvalue weighted by molar-refractivity contribution is 6.07. The van der Waals surface area contributed by atoms with Crippen LogP contribution in [0.5, 0.6) is 0 Å². The predicted octanol–water partition coefficient (Wildman–Crippen LogP) is 3.41. The van der Waals surface area contributed by atoms with Crippen molar-refractivity contribution in [1.29, 1.82) is 5.26 Å². The van der Waals surface area contributed by atoms with Crippen LogP contribution in [-0.2, 0) is 24.5 Å². The van der Waals surface area contributed by atoms with Crippen LogP contribution in [-0.4, -0.2) is 90.5 Å². The maximum absolute atomic E-state index is 15.2. The molecule has 6 rings (SSSR count). The standard InChI is InChI=1S/C32H37F4N5O5/c1-31(2,3)26(39-30(45)46-18(10-33)11-34)28(43)40-13-20-15-6-19(22(36)7-15)24(20)25(40)27(42)41-14-32(9-17(41)12-37)21-8-16(35)4-5-23(21)38-29(32)44/h4-5,8,15,17-20,22,24-26H,6-7,9-11,13-14H2,1-3H3,(H,38,44)(H,39,45). The minimum atomic E-state index is -1.65. The molecule has 3 aliphatic heterocycles. The van der Waals surface area contributed by atoms with Crippen molar-refractivity contribution < 1.29 is 41.5 Å². The van der Waals surface area contributed by atoms with Crippen molar-refractivity contribution in [3.63, 3.8) is 0 Å². The number of ether oxygens (including phenoxy) is 1. The molecule has 14 heteroatoms. The zero-order valence-corrected chi connectivity index (χ0v) is 25.8. The summed E-state index contributed by atoms with van der Waals surface area (Å²) in [5.41, 5.74) is -1.62. The first kappa shape index (κ1) is 32.1. The number of alkyl carbamates (subject to hydrolysis) is 1. The Balaban J connectivity index is 1.34. The Morgan fingerprint density at radius 1 is 1.17 bits per heavy atom. The first-order valence-corrected chi connectivity index (χ1v) is 15.6. The molecule has 0 aromatic heterocycles. The Kier molecular flexibility index (Phi) is 7.96. The molecule has 9 unspecified atom stereocenters. The third kappa shape index (κ3) is 4.97. The normalized spacial score (nSPS) is 33.2. The van der Waals surface area contributed by atoms with Gasteiger partial charge in [0.05, 0.1) is 11.5 Å². The number of benzene rings is 1. The SMILES string of the molecule is CC(C)(C)C(NC(=O)OC(CF)CF)C(=O)N1CC2C3CC(F)C(C3)C2C1C(=O)N1CC2(CC1C#N)C(=O)Nc1ccc(F)cc12. The highest BCUT2D eigenvalue weighted by atomic mass is 19.1. The number of halogens is 4. The molecule has 46 heavy (non-hydrogen) atoms. The number of alkyl halides is 3. The molecule has 10 nitrogen and oxygen atoms in total. The number of nitriles is 1. The number of hydrogen-bond donors (Lipinski definition) is 2. The largest absolute Gasteiger partial charge is 0.441 e. The van der Waals surface area contributed by atoms with Crippen LogP contribution < -0.4 is 10.6 Å². The Labute approximate surface area is 263 Å². The van der Waals surface area contributed by atoms with Gasteiger partial charge in [-0.2, -0.15) is 5.26 Å². The molecule has 1 aromatic carbocycles. The molecule has 4 fully saturated rings. The van der Waals surface area contributed by atoms with E-state index in [1.807, 2.05) is 0 Å². The van der Waals surface area contributed by atoms with Crippen LogP contribution in [0.3, 0.4) is 0 Å². The van der Waals surface area contributed by atoms with E-state index in [4.69, 9.17) is 4.74 Å². The minimum Gasteiger partial charge on any atom is -0.441 e. The van der Waals surface area contributed by atoms with Gasteiger partial charge in [0.1, 0.15) is 43.5 Å². The second-order valence-corrected chi connectivity index (χ2v) is 14.4. The van der Waals surface area contributed by atoms with Gasteiger partial charge in [0, 0.05) is 25.2 Å². The van der Waals surface area contributed by atoms with Gasteiger partial charge in [-0.1, -0.05) is 20.8 Å². The molecule has 0 radical (unpaired) electrons. The molecular formula is C32H37F4N5O5. The van der Waals surface area contributed by atoms with E-state index < -0.39 is 96.0 Å². The van der Waals surface area contributed by atoms with Crippen LogP contribution in [0.25, 0.3) is 0 Å². The molecular weight excluding hydrogens is 610 g/mol. The van der Waals surface area contributed by atoms with Crippen molar-refractivity contribution in [3.05, 3.63) is 29.6 Å². The van der Waals surface area contributed by atoms with Crippen molar-refractivity contribution in [2.75, 3.05) is 31.8 Å². The highest BCUT2D eigenvalue weighted by Gasteiger charge is 2.65. The molecule has 4 amide bonds. The second kappa shape index (κ2) is 11.4. The van der Waals surface area contributed by atoms with Crippen LogP contribution >= 0.6 is 0 Å². The predicted molar refractivity (Wildman–Crippen MR) is 155 cm³/mol. The average Bonchev–Trinajstić information content (AvgIpc) is 3.80. The summed E-state index contributed by atoms with van der Waals surface area (Å²) in [5.74, 6) is -3.65.